The molecule has 0 bridgehead atoms. The van der Waals surface area contributed by atoms with Crippen LogP contribution in [-0.2, 0) is 35.5 Å². The normalized spacial score (nSPS) is 14.5. The average molecular weight is 628 g/mol. The molecule has 0 radical (unpaired) electrons. The molecule has 0 amide bonds. The van der Waals surface area contributed by atoms with Gasteiger partial charge in [0, 0.05) is 48.9 Å². The van der Waals surface area contributed by atoms with E-state index in [4.69, 9.17) is 41.5 Å². The second-order valence-corrected chi connectivity index (χ2v) is 11.9. The number of nitrogen functional groups attached to an aromatic ring is 1. The fourth-order valence-electron chi connectivity index (χ4n) is 5.94. The van der Waals surface area contributed by atoms with Crippen molar-refractivity contribution < 1.29 is 19.0 Å². The minimum absolute atomic E-state index is 0.294. The second kappa shape index (κ2) is 13.9. The van der Waals surface area contributed by atoms with Crippen molar-refractivity contribution in [1.29, 1.82) is 0 Å². The van der Waals surface area contributed by atoms with Gasteiger partial charge in [0.05, 0.1) is 31.6 Å². The summed E-state index contributed by atoms with van der Waals surface area (Å²) < 4.78 is 16.9. The van der Waals surface area contributed by atoms with Crippen LogP contribution in [-0.4, -0.2) is 67.3 Å². The summed E-state index contributed by atoms with van der Waals surface area (Å²) in [7, 11) is 1.39. The number of halogens is 1. The van der Waals surface area contributed by atoms with Gasteiger partial charge in [-0.05, 0) is 84.5 Å². The van der Waals surface area contributed by atoms with Crippen LogP contribution in [0.5, 0.6) is 5.75 Å². The molecule has 4 aromatic rings. The first-order chi connectivity index (χ1) is 21.9. The third kappa shape index (κ3) is 7.22. The highest BCUT2D eigenvalue weighted by Gasteiger charge is 2.27. The van der Waals surface area contributed by atoms with Crippen molar-refractivity contribution in [3.05, 3.63) is 99.1 Å². The van der Waals surface area contributed by atoms with Crippen LogP contribution in [0.1, 0.15) is 38.2 Å². The number of hydrogen-bond acceptors (Lipinski definition) is 9. The number of ether oxygens (including phenoxy) is 3. The molecule has 9 nitrogen and oxygen atoms in total. The summed E-state index contributed by atoms with van der Waals surface area (Å²) in [6.07, 6.45) is 1.74. The van der Waals surface area contributed by atoms with E-state index in [-0.39, 0.29) is 5.97 Å². The van der Waals surface area contributed by atoms with Gasteiger partial charge in [0.25, 0.3) is 0 Å². The molecule has 1 saturated heterocycles. The molecule has 1 aliphatic carbocycles. The van der Waals surface area contributed by atoms with Crippen molar-refractivity contribution in [2.45, 2.75) is 33.0 Å². The lowest BCUT2D eigenvalue weighted by Crippen LogP contribution is -2.48. The fourth-order valence-corrected chi connectivity index (χ4v) is 6.07. The third-order valence-corrected chi connectivity index (χ3v) is 8.80. The van der Waals surface area contributed by atoms with Gasteiger partial charge in [0.2, 0.25) is 5.95 Å². The number of rotatable bonds is 10. The summed E-state index contributed by atoms with van der Waals surface area (Å²) >= 11 is 6.01. The Morgan fingerprint density at radius 1 is 0.956 bits per heavy atom. The summed E-state index contributed by atoms with van der Waals surface area (Å²) in [5, 5.41) is 0.714. The van der Waals surface area contributed by atoms with Crippen molar-refractivity contribution >= 4 is 29.3 Å². The lowest BCUT2D eigenvalue weighted by atomic mass is 9.88. The molecule has 1 aliphatic heterocycles. The van der Waals surface area contributed by atoms with E-state index >= 15 is 0 Å². The van der Waals surface area contributed by atoms with Gasteiger partial charge in [-0.2, -0.15) is 4.98 Å². The van der Waals surface area contributed by atoms with Crippen LogP contribution in [0, 0.1) is 6.92 Å². The molecule has 0 spiro atoms. The van der Waals surface area contributed by atoms with Gasteiger partial charge in [-0.25, -0.2) is 9.78 Å². The Morgan fingerprint density at radius 3 is 2.53 bits per heavy atom. The number of esters is 1. The number of aromatic nitrogens is 2. The highest BCUT2D eigenvalue weighted by molar-refractivity contribution is 6.30. The Morgan fingerprint density at radius 2 is 1.76 bits per heavy atom. The maximum absolute atomic E-state index is 11.9. The number of benzene rings is 3. The van der Waals surface area contributed by atoms with Gasteiger partial charge in [0.15, 0.2) is 0 Å². The van der Waals surface area contributed by atoms with Gasteiger partial charge in [-0.15, -0.1) is 0 Å². The molecule has 1 aromatic heterocycles. The molecule has 45 heavy (non-hydrogen) atoms. The number of methoxy groups -OCH3 is 1. The molecule has 10 heteroatoms. The number of anilines is 2. The van der Waals surface area contributed by atoms with Crippen molar-refractivity contribution in [3.8, 4) is 17.0 Å². The Kier molecular flexibility index (Phi) is 9.49. The van der Waals surface area contributed by atoms with E-state index in [0.717, 1.165) is 90.6 Å². The predicted octanol–water partition coefficient (Wildman–Crippen LogP) is 5.49. The summed E-state index contributed by atoms with van der Waals surface area (Å²) in [4.78, 5) is 26.0. The van der Waals surface area contributed by atoms with Gasteiger partial charge >= 0.3 is 5.97 Å². The maximum Gasteiger partial charge on any atom is 0.337 e. The van der Waals surface area contributed by atoms with E-state index in [1.165, 1.54) is 12.7 Å². The average Bonchev–Trinajstić information content (AvgIpc) is 3.06. The van der Waals surface area contributed by atoms with Crippen LogP contribution in [0.2, 0.25) is 5.02 Å². The van der Waals surface area contributed by atoms with E-state index in [0.29, 0.717) is 36.4 Å². The van der Waals surface area contributed by atoms with E-state index in [2.05, 4.69) is 21.9 Å². The summed E-state index contributed by atoms with van der Waals surface area (Å²) in [6.45, 7) is 7.93. The molecule has 0 unspecified atom stereocenters. The number of carbonyl (C=O) groups is 1. The highest BCUT2D eigenvalue weighted by Crippen LogP contribution is 2.38. The summed E-state index contributed by atoms with van der Waals surface area (Å²) in [5.41, 5.74) is 14.3. The highest BCUT2D eigenvalue weighted by atomic mass is 35.5. The number of hydrogen-bond donors (Lipinski definition) is 1. The van der Waals surface area contributed by atoms with Crippen LogP contribution in [0.4, 0.5) is 11.8 Å². The van der Waals surface area contributed by atoms with Crippen LogP contribution in [0.3, 0.4) is 0 Å². The second-order valence-electron chi connectivity index (χ2n) is 11.5. The first-order valence-electron chi connectivity index (χ1n) is 15.3. The zero-order valence-corrected chi connectivity index (χ0v) is 26.5. The summed E-state index contributed by atoms with van der Waals surface area (Å²) in [5.74, 6) is 1.74. The van der Waals surface area contributed by atoms with Crippen LogP contribution >= 0.6 is 11.6 Å². The molecule has 3 aromatic carbocycles. The Hall–Kier alpha value is -4.18. The summed E-state index contributed by atoms with van der Waals surface area (Å²) in [6, 6.07) is 19.5. The number of fused-ring (bicyclic) bond motifs is 3. The van der Waals surface area contributed by atoms with Crippen LogP contribution in [0.15, 0.2) is 60.7 Å². The molecule has 2 aliphatic rings. The van der Waals surface area contributed by atoms with E-state index < -0.39 is 0 Å². The first-order valence-corrected chi connectivity index (χ1v) is 15.7. The molecule has 6 rings (SSSR count). The molecular formula is C35H38ClN5O4. The molecule has 0 saturated carbocycles. The minimum atomic E-state index is -0.338. The first kappa shape index (κ1) is 30.8. The van der Waals surface area contributed by atoms with E-state index in [9.17, 15) is 4.79 Å². The number of carbonyl (C=O) groups excluding carboxylic acids is 1. The minimum Gasteiger partial charge on any atom is -0.489 e. The molecule has 1 fully saturated rings. The lowest BCUT2D eigenvalue weighted by molar-refractivity contribution is 0.0600. The van der Waals surface area contributed by atoms with Crippen molar-refractivity contribution in [1.82, 2.24) is 14.9 Å². The molecule has 234 valence electrons. The number of nitrogens with two attached hydrogens (primary N) is 1. The van der Waals surface area contributed by atoms with E-state index in [1.807, 2.05) is 49.4 Å². The quantitative estimate of drug-likeness (QED) is 0.181. The zero-order chi connectivity index (χ0) is 31.3. The number of piperazine rings is 1. The topological polar surface area (TPSA) is 103 Å². The predicted molar refractivity (Wildman–Crippen MR) is 176 cm³/mol. The molecule has 2 N–H and O–H groups in total. The van der Waals surface area contributed by atoms with Crippen molar-refractivity contribution in [2.75, 3.05) is 57.1 Å². The van der Waals surface area contributed by atoms with Gasteiger partial charge in [-0.3, -0.25) is 4.90 Å². The maximum atomic E-state index is 11.9. The van der Waals surface area contributed by atoms with Crippen molar-refractivity contribution in [2.24, 2.45) is 0 Å². The van der Waals surface area contributed by atoms with E-state index in [1.54, 1.807) is 6.07 Å². The fraction of sp³-hybridized carbons (Fsp3) is 0.343. The lowest BCUT2D eigenvalue weighted by Gasteiger charge is -2.37. The number of aryl methyl sites for hydroxylation is 2. The van der Waals surface area contributed by atoms with Crippen LogP contribution < -0.4 is 15.4 Å². The molecule has 0 atom stereocenters. The Labute approximate surface area is 268 Å². The Balaban J connectivity index is 1.04. The monoisotopic (exact) mass is 627 g/mol. The number of nitrogens with zero attached hydrogens (tertiary/aromatic N) is 4. The van der Waals surface area contributed by atoms with Gasteiger partial charge in [-0.1, -0.05) is 29.8 Å². The zero-order valence-electron chi connectivity index (χ0n) is 25.7. The van der Waals surface area contributed by atoms with Gasteiger partial charge in [0.1, 0.15) is 18.2 Å². The third-order valence-electron chi connectivity index (χ3n) is 8.55. The van der Waals surface area contributed by atoms with Crippen molar-refractivity contribution in [3.63, 3.8) is 0 Å². The SMILES string of the molecule is COC(=O)c1ccc(C)c(COCCN2CCN(c3nc(N)nc4c3CCc3cc(OCc5ccc(Cl)cc5)ccc3-4)CC2)c1. The Bertz CT molecular complexity index is 1670. The molecular weight excluding hydrogens is 590 g/mol. The van der Waals surface area contributed by atoms with Gasteiger partial charge < -0.3 is 24.8 Å². The standard InChI is InChI=1S/C35H38ClN5O4/c1-23-3-6-26(34(42)43-2)19-27(23)22-44-18-17-40-13-15-41(16-14-40)33-31-11-7-25-20-29(45-21-24-4-8-28(36)9-5-24)10-12-30(25)32(31)38-35(37)39-33/h3-6,8-10,12,19-20H,7,11,13-18,21-22H2,1-2H3,(H2,37,38,39). The molecule has 2 heterocycles. The smallest absolute Gasteiger partial charge is 0.337 e. The largest absolute Gasteiger partial charge is 0.489 e. The van der Waals surface area contributed by atoms with Crippen LogP contribution in [0.25, 0.3) is 11.3 Å².